The summed E-state index contributed by atoms with van der Waals surface area (Å²) in [5, 5.41) is 0. The Morgan fingerprint density at radius 1 is 1.16 bits per heavy atom. The van der Waals surface area contributed by atoms with Gasteiger partial charge in [0.15, 0.2) is 5.78 Å². The Morgan fingerprint density at radius 2 is 1.84 bits per heavy atom. The van der Waals surface area contributed by atoms with E-state index in [0.29, 0.717) is 12.1 Å². The number of methoxy groups -OCH3 is 1. The molecule has 0 saturated carbocycles. The lowest BCUT2D eigenvalue weighted by molar-refractivity contribution is 0.0983. The molecule has 0 radical (unpaired) electrons. The minimum absolute atomic E-state index is 0.0704. The van der Waals surface area contributed by atoms with Gasteiger partial charge in [-0.1, -0.05) is 18.7 Å². The molecule has 0 N–H and O–H groups in total. The van der Waals surface area contributed by atoms with Gasteiger partial charge in [0.05, 0.1) is 7.11 Å². The quantitative estimate of drug-likeness (QED) is 0.776. The topological polar surface area (TPSA) is 39.2 Å². The van der Waals surface area contributed by atoms with Crippen molar-refractivity contribution in [2.75, 3.05) is 7.11 Å². The Balaban J connectivity index is 2.08. The predicted octanol–water partition coefficient (Wildman–Crippen LogP) is 3.83. The van der Waals surface area contributed by atoms with Crippen LogP contribution in [0.25, 0.3) is 0 Å². The van der Waals surface area contributed by atoms with Crippen molar-refractivity contribution in [3.8, 4) is 5.75 Å². The van der Waals surface area contributed by atoms with Crippen LogP contribution in [0.4, 0.5) is 0 Å². The minimum atomic E-state index is 0.0704. The molecule has 0 fully saturated rings. The van der Waals surface area contributed by atoms with Crippen LogP contribution in [-0.2, 0) is 0 Å². The molecule has 0 saturated heterocycles. The number of Topliss-reactive ketones (excluding diaryl/α,β-unsaturated/α-hetero) is 1. The summed E-state index contributed by atoms with van der Waals surface area (Å²) >= 11 is 1.61. The number of carbonyl (C=O) groups is 1. The third-order valence-electron chi connectivity index (χ3n) is 2.64. The van der Waals surface area contributed by atoms with Crippen LogP contribution >= 0.6 is 11.8 Å². The number of hydrogen-bond donors (Lipinski definition) is 0. The molecule has 2 aromatic rings. The van der Waals surface area contributed by atoms with Crippen molar-refractivity contribution in [2.24, 2.45) is 0 Å². The fraction of sp³-hybridized carbons (Fsp3) is 0.200. The highest BCUT2D eigenvalue weighted by atomic mass is 32.2. The summed E-state index contributed by atoms with van der Waals surface area (Å²) in [7, 11) is 1.65. The molecular formula is C15H15NO2S. The van der Waals surface area contributed by atoms with Gasteiger partial charge in [0.1, 0.15) is 11.4 Å². The van der Waals surface area contributed by atoms with E-state index in [0.717, 1.165) is 15.5 Å². The van der Waals surface area contributed by atoms with Gasteiger partial charge >= 0.3 is 0 Å². The Bertz CT molecular complexity index is 549. The zero-order chi connectivity index (χ0) is 13.7. The number of hydrogen-bond acceptors (Lipinski definition) is 4. The number of ketones is 1. The Hall–Kier alpha value is -1.81. The van der Waals surface area contributed by atoms with E-state index >= 15 is 0 Å². The standard InChI is InChI=1S/C15H15NO2S/c1-3-15(17)14-9-8-13(10-16-14)19-12-6-4-11(18-2)5-7-12/h4-10H,3H2,1-2H3. The first-order chi connectivity index (χ1) is 9.22. The first-order valence-electron chi connectivity index (χ1n) is 6.04. The molecule has 3 nitrogen and oxygen atoms in total. The van der Waals surface area contributed by atoms with Gasteiger partial charge in [-0.05, 0) is 36.4 Å². The summed E-state index contributed by atoms with van der Waals surface area (Å²) in [6.45, 7) is 1.84. The Kier molecular flexibility index (Phi) is 4.58. The number of rotatable bonds is 5. The molecule has 2 rings (SSSR count). The van der Waals surface area contributed by atoms with E-state index in [-0.39, 0.29) is 5.78 Å². The summed E-state index contributed by atoms with van der Waals surface area (Å²) in [4.78, 5) is 17.8. The SMILES string of the molecule is CCC(=O)c1ccc(Sc2ccc(OC)cc2)cn1. The van der Waals surface area contributed by atoms with Gasteiger partial charge in [0.25, 0.3) is 0 Å². The van der Waals surface area contributed by atoms with Crippen LogP contribution in [-0.4, -0.2) is 17.9 Å². The lowest BCUT2D eigenvalue weighted by atomic mass is 10.2. The molecule has 19 heavy (non-hydrogen) atoms. The molecule has 4 heteroatoms. The highest BCUT2D eigenvalue weighted by Crippen LogP contribution is 2.28. The second-order valence-electron chi connectivity index (χ2n) is 3.93. The van der Waals surface area contributed by atoms with E-state index < -0.39 is 0 Å². The third-order valence-corrected chi connectivity index (χ3v) is 3.62. The fourth-order valence-corrected chi connectivity index (χ4v) is 2.35. The average molecular weight is 273 g/mol. The molecule has 1 heterocycles. The normalized spacial score (nSPS) is 10.2. The van der Waals surface area contributed by atoms with Crippen LogP contribution in [0.5, 0.6) is 5.75 Å². The van der Waals surface area contributed by atoms with Crippen molar-refractivity contribution in [3.05, 3.63) is 48.3 Å². The highest BCUT2D eigenvalue weighted by Gasteiger charge is 2.05. The van der Waals surface area contributed by atoms with Crippen LogP contribution in [0.3, 0.4) is 0 Å². The van der Waals surface area contributed by atoms with E-state index in [1.54, 1.807) is 31.1 Å². The molecule has 0 aliphatic carbocycles. The van der Waals surface area contributed by atoms with E-state index in [2.05, 4.69) is 4.98 Å². The van der Waals surface area contributed by atoms with Gasteiger partial charge < -0.3 is 4.74 Å². The zero-order valence-electron chi connectivity index (χ0n) is 10.9. The first kappa shape index (κ1) is 13.6. The smallest absolute Gasteiger partial charge is 0.180 e. The average Bonchev–Trinajstić information content (AvgIpc) is 2.48. The van der Waals surface area contributed by atoms with Crippen molar-refractivity contribution < 1.29 is 9.53 Å². The molecule has 0 spiro atoms. The van der Waals surface area contributed by atoms with Crippen LogP contribution in [0.1, 0.15) is 23.8 Å². The number of carbonyl (C=O) groups excluding carboxylic acids is 1. The molecule has 0 amide bonds. The zero-order valence-corrected chi connectivity index (χ0v) is 11.7. The maximum absolute atomic E-state index is 11.5. The molecule has 0 aliphatic rings. The molecule has 0 aliphatic heterocycles. The van der Waals surface area contributed by atoms with Gasteiger partial charge in [-0.25, -0.2) is 0 Å². The maximum atomic E-state index is 11.5. The van der Waals surface area contributed by atoms with Crippen molar-refractivity contribution in [1.29, 1.82) is 0 Å². The van der Waals surface area contributed by atoms with Gasteiger partial charge in [-0.2, -0.15) is 0 Å². The molecule has 0 atom stereocenters. The predicted molar refractivity (Wildman–Crippen MR) is 76.0 cm³/mol. The molecular weight excluding hydrogens is 258 g/mol. The monoisotopic (exact) mass is 273 g/mol. The van der Waals surface area contributed by atoms with Gasteiger partial charge in [0.2, 0.25) is 0 Å². The summed E-state index contributed by atoms with van der Waals surface area (Å²) < 4.78 is 5.11. The van der Waals surface area contributed by atoms with Gasteiger partial charge in [-0.3, -0.25) is 9.78 Å². The molecule has 0 bridgehead atoms. The fourth-order valence-electron chi connectivity index (χ4n) is 1.57. The third kappa shape index (κ3) is 3.58. The van der Waals surface area contributed by atoms with Gasteiger partial charge in [-0.15, -0.1) is 0 Å². The van der Waals surface area contributed by atoms with Crippen LogP contribution in [0.2, 0.25) is 0 Å². The summed E-state index contributed by atoms with van der Waals surface area (Å²) in [6.07, 6.45) is 2.22. The number of ether oxygens (including phenoxy) is 1. The largest absolute Gasteiger partial charge is 0.497 e. The first-order valence-corrected chi connectivity index (χ1v) is 6.85. The van der Waals surface area contributed by atoms with Crippen molar-refractivity contribution in [3.63, 3.8) is 0 Å². The van der Waals surface area contributed by atoms with Gasteiger partial charge in [0, 0.05) is 22.4 Å². The number of benzene rings is 1. The van der Waals surface area contributed by atoms with E-state index in [4.69, 9.17) is 4.74 Å². The van der Waals surface area contributed by atoms with E-state index in [1.807, 2.05) is 37.3 Å². The molecule has 0 unspecified atom stereocenters. The van der Waals surface area contributed by atoms with Crippen LogP contribution in [0, 0.1) is 0 Å². The van der Waals surface area contributed by atoms with Crippen molar-refractivity contribution in [2.45, 2.75) is 23.1 Å². The van der Waals surface area contributed by atoms with Crippen molar-refractivity contribution >= 4 is 17.5 Å². The van der Waals surface area contributed by atoms with Crippen LogP contribution < -0.4 is 4.74 Å². The highest BCUT2D eigenvalue weighted by molar-refractivity contribution is 7.99. The second kappa shape index (κ2) is 6.38. The van der Waals surface area contributed by atoms with E-state index in [1.165, 1.54) is 0 Å². The molecule has 98 valence electrons. The Labute approximate surface area is 117 Å². The molecule has 1 aromatic heterocycles. The Morgan fingerprint density at radius 3 is 2.37 bits per heavy atom. The lowest BCUT2D eigenvalue weighted by Gasteiger charge is -2.04. The number of aromatic nitrogens is 1. The summed E-state index contributed by atoms with van der Waals surface area (Å²) in [6, 6.07) is 11.5. The number of nitrogens with zero attached hydrogens (tertiary/aromatic N) is 1. The summed E-state index contributed by atoms with van der Waals surface area (Å²) in [5.41, 5.74) is 0.529. The summed E-state index contributed by atoms with van der Waals surface area (Å²) in [5.74, 6) is 0.910. The maximum Gasteiger partial charge on any atom is 0.180 e. The van der Waals surface area contributed by atoms with E-state index in [9.17, 15) is 4.79 Å². The van der Waals surface area contributed by atoms with Crippen LogP contribution in [0.15, 0.2) is 52.4 Å². The number of pyridine rings is 1. The minimum Gasteiger partial charge on any atom is -0.497 e. The van der Waals surface area contributed by atoms with Crippen molar-refractivity contribution in [1.82, 2.24) is 4.98 Å². The lowest BCUT2D eigenvalue weighted by Crippen LogP contribution is -1.99. The molecule has 1 aromatic carbocycles. The second-order valence-corrected chi connectivity index (χ2v) is 5.08.